The maximum Gasteiger partial charge on any atom is 0.422 e. The van der Waals surface area contributed by atoms with E-state index in [1.165, 1.54) is 6.92 Å². The molecule has 13 heavy (non-hydrogen) atoms. The zero-order valence-electron chi connectivity index (χ0n) is 6.68. The zero-order valence-corrected chi connectivity index (χ0v) is 6.68. The smallest absolute Gasteiger partial charge is 0.422 e. The lowest BCUT2D eigenvalue weighted by Crippen LogP contribution is -2.34. The molecule has 0 rings (SSSR count). The molecule has 4 nitrogen and oxygen atoms in total. The Morgan fingerprint density at radius 1 is 1.69 bits per heavy atom. The summed E-state index contributed by atoms with van der Waals surface area (Å²) >= 11 is 0. The van der Waals surface area contributed by atoms with Gasteiger partial charge in [0.15, 0.2) is 6.61 Å². The Bertz CT molecular complexity index is 221. The first-order valence-electron chi connectivity index (χ1n) is 3.25. The summed E-state index contributed by atoms with van der Waals surface area (Å²) in [6, 6.07) is 0.725. The van der Waals surface area contributed by atoms with Gasteiger partial charge in [-0.1, -0.05) is 0 Å². The van der Waals surface area contributed by atoms with E-state index in [0.717, 1.165) is 0 Å². The van der Waals surface area contributed by atoms with Crippen molar-refractivity contribution in [3.05, 3.63) is 0 Å². The molecule has 1 atom stereocenters. The summed E-state index contributed by atoms with van der Waals surface area (Å²) < 4.78 is 38.1. The molecule has 0 unspecified atom stereocenters. The molecule has 74 valence electrons. The fourth-order valence-corrected chi connectivity index (χ4v) is 0.398. The molecule has 0 aliphatic rings. The molecule has 1 N–H and O–H groups in total. The van der Waals surface area contributed by atoms with Crippen LogP contribution in [0.25, 0.3) is 0 Å². The fraction of sp³-hybridized carbons (Fsp3) is 0.667. The lowest BCUT2D eigenvalue weighted by molar-refractivity contribution is -0.160. The number of amides is 1. The van der Waals surface area contributed by atoms with Crippen molar-refractivity contribution in [3.8, 4) is 6.07 Å². The Hall–Kier alpha value is -1.45. The average molecular weight is 196 g/mol. The standard InChI is InChI=1S/C6H7F3N2O2/c1-4(2-10)11-5(12)13-3-6(7,8)9/h4H,3H2,1H3,(H,11,12)/t4-/m0/s1. The molecule has 0 aromatic heterocycles. The molecule has 0 radical (unpaired) electrons. The van der Waals surface area contributed by atoms with Gasteiger partial charge in [-0.2, -0.15) is 18.4 Å². The molecule has 0 aromatic rings. The first kappa shape index (κ1) is 11.6. The summed E-state index contributed by atoms with van der Waals surface area (Å²) in [7, 11) is 0. The van der Waals surface area contributed by atoms with Crippen molar-refractivity contribution in [1.29, 1.82) is 5.26 Å². The van der Waals surface area contributed by atoms with Crippen LogP contribution >= 0.6 is 0 Å². The van der Waals surface area contributed by atoms with Crippen molar-refractivity contribution in [2.45, 2.75) is 19.1 Å². The molecule has 0 fully saturated rings. The van der Waals surface area contributed by atoms with E-state index in [4.69, 9.17) is 5.26 Å². The summed E-state index contributed by atoms with van der Waals surface area (Å²) in [5.41, 5.74) is 0. The number of nitriles is 1. The molecule has 0 bridgehead atoms. The Morgan fingerprint density at radius 3 is 2.62 bits per heavy atom. The van der Waals surface area contributed by atoms with Crippen LogP contribution in [0.3, 0.4) is 0 Å². The van der Waals surface area contributed by atoms with Crippen molar-refractivity contribution in [1.82, 2.24) is 5.32 Å². The van der Waals surface area contributed by atoms with Crippen LogP contribution in [0.4, 0.5) is 18.0 Å². The minimum atomic E-state index is -4.55. The Morgan fingerprint density at radius 2 is 2.23 bits per heavy atom. The van der Waals surface area contributed by atoms with Gasteiger partial charge in [0, 0.05) is 0 Å². The van der Waals surface area contributed by atoms with Gasteiger partial charge in [0.25, 0.3) is 0 Å². The van der Waals surface area contributed by atoms with E-state index in [-0.39, 0.29) is 0 Å². The van der Waals surface area contributed by atoms with Crippen molar-refractivity contribution in [3.63, 3.8) is 0 Å². The number of nitrogens with zero attached hydrogens (tertiary/aromatic N) is 1. The first-order valence-corrected chi connectivity index (χ1v) is 3.25. The Balaban J connectivity index is 3.72. The summed E-state index contributed by atoms with van der Waals surface area (Å²) in [6.07, 6.45) is -5.81. The van der Waals surface area contributed by atoms with Crippen LogP contribution in [0.15, 0.2) is 0 Å². The number of ether oxygens (including phenoxy) is 1. The van der Waals surface area contributed by atoms with Gasteiger partial charge in [-0.3, -0.25) is 0 Å². The molecule has 0 saturated carbocycles. The predicted molar refractivity (Wildman–Crippen MR) is 35.6 cm³/mol. The van der Waals surface area contributed by atoms with Crippen LogP contribution in [0.5, 0.6) is 0 Å². The molecule has 0 saturated heterocycles. The predicted octanol–water partition coefficient (Wildman–Crippen LogP) is 1.19. The minimum absolute atomic E-state index is 0.874. The SMILES string of the molecule is C[C@@H](C#N)NC(=O)OCC(F)(F)F. The number of alkyl halides is 3. The third kappa shape index (κ3) is 6.93. The van der Waals surface area contributed by atoms with Crippen LogP contribution in [0.1, 0.15) is 6.92 Å². The van der Waals surface area contributed by atoms with Crippen LogP contribution < -0.4 is 5.32 Å². The van der Waals surface area contributed by atoms with E-state index in [2.05, 4.69) is 4.74 Å². The highest BCUT2D eigenvalue weighted by Crippen LogP contribution is 2.14. The van der Waals surface area contributed by atoms with Crippen LogP contribution in [0.2, 0.25) is 0 Å². The second-order valence-corrected chi connectivity index (χ2v) is 2.19. The van der Waals surface area contributed by atoms with Gasteiger partial charge < -0.3 is 10.1 Å². The number of halogens is 3. The topological polar surface area (TPSA) is 62.1 Å². The van der Waals surface area contributed by atoms with Crippen molar-refractivity contribution >= 4 is 6.09 Å². The highest BCUT2D eigenvalue weighted by atomic mass is 19.4. The van der Waals surface area contributed by atoms with Gasteiger partial charge in [0.1, 0.15) is 6.04 Å². The normalized spacial score (nSPS) is 12.8. The van der Waals surface area contributed by atoms with Crippen LogP contribution in [-0.2, 0) is 4.74 Å². The summed E-state index contributed by atoms with van der Waals surface area (Å²) in [5, 5.41) is 10.0. The number of carbonyl (C=O) groups excluding carboxylic acids is 1. The van der Waals surface area contributed by atoms with E-state index in [1.807, 2.05) is 5.32 Å². The zero-order chi connectivity index (χ0) is 10.5. The number of rotatable bonds is 2. The van der Waals surface area contributed by atoms with Gasteiger partial charge in [0.05, 0.1) is 6.07 Å². The number of hydrogen-bond acceptors (Lipinski definition) is 3. The molecule has 7 heteroatoms. The van der Waals surface area contributed by atoms with E-state index < -0.39 is 24.9 Å². The summed E-state index contributed by atoms with van der Waals surface area (Å²) in [5.74, 6) is 0. The second-order valence-electron chi connectivity index (χ2n) is 2.19. The fourth-order valence-electron chi connectivity index (χ4n) is 0.398. The van der Waals surface area contributed by atoms with Crippen molar-refractivity contribution < 1.29 is 22.7 Å². The summed E-state index contributed by atoms with van der Waals surface area (Å²) in [6.45, 7) is -0.341. The quantitative estimate of drug-likeness (QED) is 0.721. The van der Waals surface area contributed by atoms with E-state index >= 15 is 0 Å². The lowest BCUT2D eigenvalue weighted by Gasteiger charge is -2.09. The van der Waals surface area contributed by atoms with Crippen molar-refractivity contribution in [2.24, 2.45) is 0 Å². The molecule has 0 aromatic carbocycles. The molecule has 0 aliphatic heterocycles. The second kappa shape index (κ2) is 4.54. The Kier molecular flexibility index (Phi) is 4.04. The van der Waals surface area contributed by atoms with Gasteiger partial charge >= 0.3 is 12.3 Å². The monoisotopic (exact) mass is 196 g/mol. The van der Waals surface area contributed by atoms with Gasteiger partial charge in [-0.15, -0.1) is 0 Å². The highest BCUT2D eigenvalue weighted by molar-refractivity contribution is 5.67. The van der Waals surface area contributed by atoms with E-state index in [9.17, 15) is 18.0 Å². The number of alkyl carbamates (subject to hydrolysis) is 1. The van der Waals surface area contributed by atoms with E-state index in [0.29, 0.717) is 0 Å². The minimum Gasteiger partial charge on any atom is -0.440 e. The molecular formula is C6H7F3N2O2. The van der Waals surface area contributed by atoms with Crippen LogP contribution in [0, 0.1) is 11.3 Å². The molecule has 0 spiro atoms. The maximum absolute atomic E-state index is 11.5. The Labute approximate surface area is 72.3 Å². The highest BCUT2D eigenvalue weighted by Gasteiger charge is 2.29. The maximum atomic E-state index is 11.5. The average Bonchev–Trinajstić information content (AvgIpc) is 1.99. The van der Waals surface area contributed by atoms with Crippen LogP contribution in [-0.4, -0.2) is 24.9 Å². The number of nitrogens with one attached hydrogen (secondary N) is 1. The van der Waals surface area contributed by atoms with Gasteiger partial charge in [-0.25, -0.2) is 4.79 Å². The third-order valence-electron chi connectivity index (χ3n) is 0.895. The van der Waals surface area contributed by atoms with Gasteiger partial charge in [0.2, 0.25) is 0 Å². The molecule has 0 aliphatic carbocycles. The number of hydrogen-bond donors (Lipinski definition) is 1. The molecule has 0 heterocycles. The molecular weight excluding hydrogens is 189 g/mol. The largest absolute Gasteiger partial charge is 0.440 e. The third-order valence-corrected chi connectivity index (χ3v) is 0.895. The summed E-state index contributed by atoms with van der Waals surface area (Å²) in [4.78, 5) is 10.5. The van der Waals surface area contributed by atoms with Gasteiger partial charge in [-0.05, 0) is 6.92 Å². The van der Waals surface area contributed by atoms with Crippen molar-refractivity contribution in [2.75, 3.05) is 6.61 Å². The number of carbonyl (C=O) groups is 1. The first-order chi connectivity index (χ1) is 5.85. The molecule has 1 amide bonds. The van der Waals surface area contributed by atoms with E-state index in [1.54, 1.807) is 6.07 Å². The lowest BCUT2D eigenvalue weighted by atomic mass is 10.4.